The average Bonchev–Trinajstić information content (AvgIpc) is 2.04. The van der Waals surface area contributed by atoms with Crippen LogP contribution < -0.4 is 0 Å². The molecule has 0 amide bonds. The second-order valence-electron chi connectivity index (χ2n) is 3.61. The molecule has 13 heavy (non-hydrogen) atoms. The lowest BCUT2D eigenvalue weighted by atomic mass is 9.94. The Morgan fingerprint density at radius 3 is 2.46 bits per heavy atom. The molecule has 1 rings (SSSR count). The summed E-state index contributed by atoms with van der Waals surface area (Å²) in [4.78, 5) is 14.9. The van der Waals surface area contributed by atoms with Crippen LogP contribution in [0.2, 0.25) is 0 Å². The highest BCUT2D eigenvalue weighted by atomic mass is 16.1. The lowest BCUT2D eigenvalue weighted by Gasteiger charge is -2.13. The second-order valence-corrected chi connectivity index (χ2v) is 3.61. The number of hydrogen-bond donors (Lipinski definition) is 0. The predicted octanol–water partition coefficient (Wildman–Crippen LogP) is 2.63. The van der Waals surface area contributed by atoms with E-state index in [1.54, 1.807) is 6.20 Å². The highest BCUT2D eigenvalue weighted by Crippen LogP contribution is 2.23. The van der Waals surface area contributed by atoms with Crippen molar-refractivity contribution in [3.05, 3.63) is 28.6 Å². The first kappa shape index (κ1) is 9.90. The molecule has 0 saturated carbocycles. The van der Waals surface area contributed by atoms with Crippen LogP contribution in [0, 0.1) is 13.8 Å². The van der Waals surface area contributed by atoms with Crippen molar-refractivity contribution >= 4 is 6.29 Å². The van der Waals surface area contributed by atoms with Crippen LogP contribution >= 0.6 is 0 Å². The monoisotopic (exact) mass is 177 g/mol. The summed E-state index contributed by atoms with van der Waals surface area (Å²) in [5.74, 6) is 0.424. The van der Waals surface area contributed by atoms with Crippen molar-refractivity contribution in [3.8, 4) is 0 Å². The highest BCUT2D eigenvalue weighted by molar-refractivity contribution is 5.77. The fourth-order valence-electron chi connectivity index (χ4n) is 1.73. The zero-order valence-electron chi connectivity index (χ0n) is 8.59. The van der Waals surface area contributed by atoms with Gasteiger partial charge in [-0.1, -0.05) is 13.8 Å². The number of aldehydes is 1. The summed E-state index contributed by atoms with van der Waals surface area (Å²) in [5, 5.41) is 0. The Morgan fingerprint density at radius 2 is 2.00 bits per heavy atom. The SMILES string of the molecule is Cc1ncc(C=O)c(C)c1C(C)C. The summed E-state index contributed by atoms with van der Waals surface area (Å²) in [6.07, 6.45) is 2.51. The third kappa shape index (κ3) is 1.77. The molecule has 70 valence electrons. The van der Waals surface area contributed by atoms with E-state index in [1.807, 2.05) is 13.8 Å². The van der Waals surface area contributed by atoms with E-state index in [9.17, 15) is 4.79 Å². The van der Waals surface area contributed by atoms with Gasteiger partial charge in [-0.3, -0.25) is 9.78 Å². The van der Waals surface area contributed by atoms with Crippen molar-refractivity contribution in [2.75, 3.05) is 0 Å². The Bertz CT molecular complexity index is 329. The first-order valence-electron chi connectivity index (χ1n) is 4.49. The summed E-state index contributed by atoms with van der Waals surface area (Å²) >= 11 is 0. The maximum atomic E-state index is 10.7. The van der Waals surface area contributed by atoms with E-state index in [0.29, 0.717) is 11.5 Å². The van der Waals surface area contributed by atoms with Crippen LogP contribution in [0.3, 0.4) is 0 Å². The number of hydrogen-bond acceptors (Lipinski definition) is 2. The number of carbonyl (C=O) groups excluding carboxylic acids is 1. The molecule has 0 aromatic carbocycles. The molecule has 0 spiro atoms. The minimum atomic E-state index is 0.424. The van der Waals surface area contributed by atoms with E-state index < -0.39 is 0 Å². The smallest absolute Gasteiger partial charge is 0.151 e. The molecule has 1 heterocycles. The van der Waals surface area contributed by atoms with E-state index in [2.05, 4.69) is 18.8 Å². The molecular weight excluding hydrogens is 162 g/mol. The van der Waals surface area contributed by atoms with Gasteiger partial charge in [-0.05, 0) is 30.9 Å². The molecule has 0 fully saturated rings. The molecule has 0 unspecified atom stereocenters. The van der Waals surface area contributed by atoms with Crippen molar-refractivity contribution < 1.29 is 4.79 Å². The quantitative estimate of drug-likeness (QED) is 0.650. The summed E-state index contributed by atoms with van der Waals surface area (Å²) in [6.45, 7) is 8.20. The van der Waals surface area contributed by atoms with Gasteiger partial charge in [0.15, 0.2) is 6.29 Å². The summed E-state index contributed by atoms with van der Waals surface area (Å²) in [7, 11) is 0. The Kier molecular flexibility index (Phi) is 2.81. The van der Waals surface area contributed by atoms with Gasteiger partial charge in [0.1, 0.15) is 0 Å². The van der Waals surface area contributed by atoms with Gasteiger partial charge in [0.2, 0.25) is 0 Å². The van der Waals surface area contributed by atoms with Gasteiger partial charge in [0, 0.05) is 17.5 Å². The fraction of sp³-hybridized carbons (Fsp3) is 0.455. The lowest BCUT2D eigenvalue weighted by molar-refractivity contribution is 0.112. The summed E-state index contributed by atoms with van der Waals surface area (Å²) < 4.78 is 0. The lowest BCUT2D eigenvalue weighted by Crippen LogP contribution is -2.02. The molecule has 0 saturated heterocycles. The Labute approximate surface area is 79.0 Å². The van der Waals surface area contributed by atoms with E-state index in [-0.39, 0.29) is 0 Å². The molecule has 0 aliphatic carbocycles. The zero-order chi connectivity index (χ0) is 10.0. The van der Waals surface area contributed by atoms with Gasteiger partial charge in [-0.25, -0.2) is 0 Å². The number of aromatic nitrogens is 1. The number of nitrogens with zero attached hydrogens (tertiary/aromatic N) is 1. The third-order valence-corrected chi connectivity index (χ3v) is 2.33. The minimum Gasteiger partial charge on any atom is -0.298 e. The van der Waals surface area contributed by atoms with Crippen LogP contribution in [0.1, 0.15) is 46.9 Å². The number of rotatable bonds is 2. The van der Waals surface area contributed by atoms with Crippen molar-refractivity contribution in [2.24, 2.45) is 0 Å². The predicted molar refractivity (Wildman–Crippen MR) is 53.2 cm³/mol. The van der Waals surface area contributed by atoms with E-state index in [4.69, 9.17) is 0 Å². The van der Waals surface area contributed by atoms with Gasteiger partial charge in [0.25, 0.3) is 0 Å². The number of carbonyl (C=O) groups is 1. The van der Waals surface area contributed by atoms with Gasteiger partial charge >= 0.3 is 0 Å². The van der Waals surface area contributed by atoms with Crippen LogP contribution in [-0.4, -0.2) is 11.3 Å². The van der Waals surface area contributed by atoms with Gasteiger partial charge in [-0.15, -0.1) is 0 Å². The average molecular weight is 177 g/mol. The van der Waals surface area contributed by atoms with Gasteiger partial charge < -0.3 is 0 Å². The first-order chi connectivity index (χ1) is 6.07. The van der Waals surface area contributed by atoms with Crippen LogP contribution in [0.4, 0.5) is 0 Å². The van der Waals surface area contributed by atoms with E-state index >= 15 is 0 Å². The highest BCUT2D eigenvalue weighted by Gasteiger charge is 2.10. The summed E-state index contributed by atoms with van der Waals surface area (Å²) in [6, 6.07) is 0. The van der Waals surface area contributed by atoms with E-state index in [0.717, 1.165) is 17.5 Å². The summed E-state index contributed by atoms with van der Waals surface area (Å²) in [5.41, 5.74) is 3.99. The molecule has 2 heteroatoms. The first-order valence-corrected chi connectivity index (χ1v) is 4.49. The molecule has 0 aliphatic rings. The topological polar surface area (TPSA) is 30.0 Å². The molecule has 0 bridgehead atoms. The standard InChI is InChI=1S/C11H15NO/c1-7(2)11-8(3)10(6-13)5-12-9(11)4/h5-7H,1-4H3. The van der Waals surface area contributed by atoms with Crippen molar-refractivity contribution in [3.63, 3.8) is 0 Å². The van der Waals surface area contributed by atoms with E-state index in [1.165, 1.54) is 5.56 Å². The van der Waals surface area contributed by atoms with Crippen LogP contribution in [0.5, 0.6) is 0 Å². The molecule has 1 aromatic heterocycles. The molecule has 2 nitrogen and oxygen atoms in total. The molecule has 0 aliphatic heterocycles. The Morgan fingerprint density at radius 1 is 1.38 bits per heavy atom. The Balaban J connectivity index is 3.38. The normalized spacial score (nSPS) is 10.5. The fourth-order valence-corrected chi connectivity index (χ4v) is 1.73. The van der Waals surface area contributed by atoms with Crippen LogP contribution in [0.15, 0.2) is 6.20 Å². The van der Waals surface area contributed by atoms with Crippen LogP contribution in [-0.2, 0) is 0 Å². The zero-order valence-corrected chi connectivity index (χ0v) is 8.59. The molecule has 0 atom stereocenters. The largest absolute Gasteiger partial charge is 0.298 e. The third-order valence-electron chi connectivity index (χ3n) is 2.33. The Hall–Kier alpha value is -1.18. The number of pyridine rings is 1. The van der Waals surface area contributed by atoms with Gasteiger partial charge in [0.05, 0.1) is 0 Å². The van der Waals surface area contributed by atoms with Crippen molar-refractivity contribution in [1.82, 2.24) is 4.98 Å². The van der Waals surface area contributed by atoms with Crippen molar-refractivity contribution in [2.45, 2.75) is 33.6 Å². The maximum Gasteiger partial charge on any atom is 0.151 e. The number of aryl methyl sites for hydroxylation is 1. The minimum absolute atomic E-state index is 0.424. The van der Waals surface area contributed by atoms with Crippen molar-refractivity contribution in [1.29, 1.82) is 0 Å². The molecule has 0 radical (unpaired) electrons. The van der Waals surface area contributed by atoms with Gasteiger partial charge in [-0.2, -0.15) is 0 Å². The molecule has 1 aromatic rings. The van der Waals surface area contributed by atoms with Crippen LogP contribution in [0.25, 0.3) is 0 Å². The molecule has 0 N–H and O–H groups in total. The maximum absolute atomic E-state index is 10.7. The second kappa shape index (κ2) is 3.69. The molecular formula is C11H15NO.